The van der Waals surface area contributed by atoms with Gasteiger partial charge in [0.15, 0.2) is 0 Å². The van der Waals surface area contributed by atoms with E-state index in [-0.39, 0.29) is 18.1 Å². The zero-order valence-electron chi connectivity index (χ0n) is 12.8. The quantitative estimate of drug-likeness (QED) is 0.921. The van der Waals surface area contributed by atoms with E-state index in [2.05, 4.69) is 24.4 Å². The molecule has 4 heteroatoms. The van der Waals surface area contributed by atoms with Crippen LogP contribution < -0.4 is 5.32 Å². The van der Waals surface area contributed by atoms with E-state index in [1.165, 1.54) is 5.56 Å². The minimum atomic E-state index is 0.184. The Bertz CT molecular complexity index is 491. The fourth-order valence-corrected chi connectivity index (χ4v) is 3.58. The molecular formula is C17H24N2O2. The smallest absolute Gasteiger partial charge is 0.223 e. The van der Waals surface area contributed by atoms with Crippen molar-refractivity contribution in [3.05, 3.63) is 35.9 Å². The first-order chi connectivity index (χ1) is 10.2. The van der Waals surface area contributed by atoms with Crippen molar-refractivity contribution in [1.82, 2.24) is 10.2 Å². The maximum Gasteiger partial charge on any atom is 0.223 e. The van der Waals surface area contributed by atoms with Gasteiger partial charge >= 0.3 is 0 Å². The SMILES string of the molecule is C[C@@H]1OCC[C@@H]1NC[C@@H]1CC(=O)N(C)[C@H]1c1ccccc1. The maximum atomic E-state index is 12.1. The van der Waals surface area contributed by atoms with Gasteiger partial charge in [-0.3, -0.25) is 4.79 Å². The summed E-state index contributed by atoms with van der Waals surface area (Å²) in [5.41, 5.74) is 1.23. The lowest BCUT2D eigenvalue weighted by Gasteiger charge is -2.27. The molecule has 0 aromatic heterocycles. The Hall–Kier alpha value is -1.39. The van der Waals surface area contributed by atoms with Gasteiger partial charge in [0.05, 0.1) is 12.1 Å². The van der Waals surface area contributed by atoms with E-state index in [4.69, 9.17) is 4.74 Å². The van der Waals surface area contributed by atoms with Crippen LogP contribution >= 0.6 is 0 Å². The molecule has 2 aliphatic rings. The topological polar surface area (TPSA) is 41.6 Å². The van der Waals surface area contributed by atoms with E-state index >= 15 is 0 Å². The van der Waals surface area contributed by atoms with E-state index in [9.17, 15) is 4.79 Å². The normalized spacial score (nSPS) is 32.9. The summed E-state index contributed by atoms with van der Waals surface area (Å²) in [4.78, 5) is 14.0. The first kappa shape index (κ1) is 14.5. The number of hydrogen-bond acceptors (Lipinski definition) is 3. The van der Waals surface area contributed by atoms with Crippen LogP contribution in [0.15, 0.2) is 30.3 Å². The van der Waals surface area contributed by atoms with Gasteiger partial charge in [-0.2, -0.15) is 0 Å². The fourth-order valence-electron chi connectivity index (χ4n) is 3.58. The van der Waals surface area contributed by atoms with Crippen molar-refractivity contribution in [2.45, 2.75) is 38.0 Å². The molecule has 3 rings (SSSR count). The first-order valence-electron chi connectivity index (χ1n) is 7.82. The summed E-state index contributed by atoms with van der Waals surface area (Å²) in [7, 11) is 1.92. The highest BCUT2D eigenvalue weighted by molar-refractivity contribution is 5.79. The standard InChI is InChI=1S/C17H24N2O2/c1-12-15(8-9-21-12)18-11-14-10-16(20)19(2)17(14)13-6-4-3-5-7-13/h3-7,12,14-15,17-18H,8-11H2,1-2H3/t12-,14-,15-,17-/m0/s1. The van der Waals surface area contributed by atoms with Crippen LogP contribution in [-0.2, 0) is 9.53 Å². The average molecular weight is 288 g/mol. The number of carbonyl (C=O) groups excluding carboxylic acids is 1. The molecule has 0 saturated carbocycles. The van der Waals surface area contributed by atoms with Gasteiger partial charge in [0.1, 0.15) is 0 Å². The first-order valence-corrected chi connectivity index (χ1v) is 7.82. The zero-order chi connectivity index (χ0) is 14.8. The van der Waals surface area contributed by atoms with E-state index in [0.29, 0.717) is 18.4 Å². The fraction of sp³-hybridized carbons (Fsp3) is 0.588. The van der Waals surface area contributed by atoms with Crippen molar-refractivity contribution in [3.63, 3.8) is 0 Å². The van der Waals surface area contributed by atoms with E-state index in [1.807, 2.05) is 30.1 Å². The summed E-state index contributed by atoms with van der Waals surface area (Å²) in [6.07, 6.45) is 1.97. The molecule has 2 saturated heterocycles. The summed E-state index contributed by atoms with van der Waals surface area (Å²) >= 11 is 0. The third kappa shape index (κ3) is 2.97. The predicted molar refractivity (Wildman–Crippen MR) is 81.9 cm³/mol. The maximum absolute atomic E-state index is 12.1. The van der Waals surface area contributed by atoms with Crippen molar-refractivity contribution in [2.24, 2.45) is 5.92 Å². The average Bonchev–Trinajstić information content (AvgIpc) is 3.02. The molecule has 1 aromatic carbocycles. The predicted octanol–water partition coefficient (Wildman–Crippen LogP) is 1.97. The van der Waals surface area contributed by atoms with Gasteiger partial charge in [-0.25, -0.2) is 0 Å². The van der Waals surface area contributed by atoms with Crippen LogP contribution in [0.2, 0.25) is 0 Å². The van der Waals surface area contributed by atoms with E-state index < -0.39 is 0 Å². The van der Waals surface area contributed by atoms with Crippen LogP contribution in [0.25, 0.3) is 0 Å². The molecule has 1 amide bonds. The minimum absolute atomic E-state index is 0.184. The van der Waals surface area contributed by atoms with Gasteiger partial charge in [0.2, 0.25) is 5.91 Å². The summed E-state index contributed by atoms with van der Waals surface area (Å²) in [6.45, 7) is 3.82. The monoisotopic (exact) mass is 288 g/mol. The third-order valence-corrected chi connectivity index (χ3v) is 4.85. The Balaban J connectivity index is 1.69. The molecule has 0 spiro atoms. The lowest BCUT2D eigenvalue weighted by Crippen LogP contribution is -2.39. The van der Waals surface area contributed by atoms with Crippen LogP contribution in [0.5, 0.6) is 0 Å². The molecule has 4 nitrogen and oxygen atoms in total. The lowest BCUT2D eigenvalue weighted by molar-refractivity contribution is -0.127. The number of rotatable bonds is 4. The molecule has 21 heavy (non-hydrogen) atoms. The Morgan fingerprint density at radius 2 is 2.10 bits per heavy atom. The van der Waals surface area contributed by atoms with Crippen LogP contribution in [0, 0.1) is 5.92 Å². The van der Waals surface area contributed by atoms with Gasteiger partial charge < -0.3 is 15.0 Å². The van der Waals surface area contributed by atoms with E-state index in [1.54, 1.807) is 0 Å². The van der Waals surface area contributed by atoms with Gasteiger partial charge in [-0.1, -0.05) is 30.3 Å². The second kappa shape index (κ2) is 6.16. The number of likely N-dealkylation sites (tertiary alicyclic amines) is 1. The molecule has 4 atom stereocenters. The molecule has 2 aliphatic heterocycles. The van der Waals surface area contributed by atoms with E-state index in [0.717, 1.165) is 19.6 Å². The zero-order valence-corrected chi connectivity index (χ0v) is 12.8. The minimum Gasteiger partial charge on any atom is -0.377 e. The van der Waals surface area contributed by atoms with Crippen molar-refractivity contribution in [2.75, 3.05) is 20.2 Å². The van der Waals surface area contributed by atoms with Crippen molar-refractivity contribution in [1.29, 1.82) is 0 Å². The molecule has 2 fully saturated rings. The highest BCUT2D eigenvalue weighted by Crippen LogP contribution is 2.36. The van der Waals surface area contributed by atoms with Gasteiger partial charge in [-0.15, -0.1) is 0 Å². The highest BCUT2D eigenvalue weighted by Gasteiger charge is 2.38. The Morgan fingerprint density at radius 3 is 2.76 bits per heavy atom. The highest BCUT2D eigenvalue weighted by atomic mass is 16.5. The molecule has 1 N–H and O–H groups in total. The summed E-state index contributed by atoms with van der Waals surface area (Å²) in [6, 6.07) is 11.0. The number of carbonyl (C=O) groups is 1. The van der Waals surface area contributed by atoms with Crippen molar-refractivity contribution >= 4 is 5.91 Å². The summed E-state index contributed by atoms with van der Waals surface area (Å²) < 4.78 is 5.59. The van der Waals surface area contributed by atoms with Crippen molar-refractivity contribution < 1.29 is 9.53 Å². The molecule has 1 aromatic rings. The largest absolute Gasteiger partial charge is 0.377 e. The number of nitrogens with one attached hydrogen (secondary N) is 1. The van der Waals surface area contributed by atoms with Gasteiger partial charge in [-0.05, 0) is 18.9 Å². The molecule has 0 unspecified atom stereocenters. The Labute approximate surface area is 126 Å². The van der Waals surface area contributed by atoms with Crippen LogP contribution in [0.1, 0.15) is 31.4 Å². The molecule has 0 radical (unpaired) electrons. The molecular weight excluding hydrogens is 264 g/mol. The van der Waals surface area contributed by atoms with Gasteiger partial charge in [0.25, 0.3) is 0 Å². The second-order valence-electron chi connectivity index (χ2n) is 6.20. The molecule has 2 heterocycles. The van der Waals surface area contributed by atoms with Gasteiger partial charge in [0, 0.05) is 38.6 Å². The second-order valence-corrected chi connectivity index (χ2v) is 6.20. The van der Waals surface area contributed by atoms with Crippen molar-refractivity contribution in [3.8, 4) is 0 Å². The molecule has 114 valence electrons. The summed E-state index contributed by atoms with van der Waals surface area (Å²) in [5.74, 6) is 0.573. The Kier molecular flexibility index (Phi) is 4.27. The summed E-state index contributed by atoms with van der Waals surface area (Å²) in [5, 5.41) is 3.61. The number of ether oxygens (including phenoxy) is 1. The lowest BCUT2D eigenvalue weighted by atomic mass is 9.93. The number of benzene rings is 1. The molecule has 0 aliphatic carbocycles. The molecule has 0 bridgehead atoms. The number of amides is 1. The Morgan fingerprint density at radius 1 is 1.33 bits per heavy atom. The van der Waals surface area contributed by atoms with Crippen LogP contribution in [0.4, 0.5) is 0 Å². The number of hydrogen-bond donors (Lipinski definition) is 1. The number of nitrogens with zero attached hydrogens (tertiary/aromatic N) is 1. The van der Waals surface area contributed by atoms with Crippen LogP contribution in [-0.4, -0.2) is 43.2 Å². The van der Waals surface area contributed by atoms with Crippen LogP contribution in [0.3, 0.4) is 0 Å². The third-order valence-electron chi connectivity index (χ3n) is 4.85.